The van der Waals surface area contributed by atoms with Crippen molar-refractivity contribution in [2.24, 2.45) is 0 Å². The van der Waals surface area contributed by atoms with E-state index in [4.69, 9.17) is 4.74 Å². The summed E-state index contributed by atoms with van der Waals surface area (Å²) in [6, 6.07) is 5.13. The number of ether oxygens (including phenoxy) is 1. The zero-order chi connectivity index (χ0) is 14.6. The van der Waals surface area contributed by atoms with Crippen molar-refractivity contribution in [2.45, 2.75) is 63.6 Å². The lowest BCUT2D eigenvalue weighted by atomic mass is 10.1. The van der Waals surface area contributed by atoms with E-state index in [0.717, 1.165) is 12.0 Å². The SMILES string of the molecule is CCCCCCCCCCOc1ccc(CBr)cc1F. The molecule has 0 aliphatic rings. The Balaban J connectivity index is 2.06. The molecule has 0 aliphatic carbocycles. The molecule has 0 unspecified atom stereocenters. The van der Waals surface area contributed by atoms with Gasteiger partial charge in [0.15, 0.2) is 11.6 Å². The Bertz CT molecular complexity index is 368. The minimum absolute atomic E-state index is 0.262. The Kier molecular flexibility index (Phi) is 9.73. The van der Waals surface area contributed by atoms with E-state index in [1.54, 1.807) is 6.07 Å². The second kappa shape index (κ2) is 11.1. The molecule has 114 valence electrons. The molecule has 0 radical (unpaired) electrons. The molecule has 1 rings (SSSR count). The zero-order valence-corrected chi connectivity index (χ0v) is 14.1. The van der Waals surface area contributed by atoms with Crippen LogP contribution in [-0.4, -0.2) is 6.61 Å². The summed E-state index contributed by atoms with van der Waals surface area (Å²) in [5.74, 6) is 0.110. The molecule has 1 nitrogen and oxygen atoms in total. The van der Waals surface area contributed by atoms with Crippen molar-refractivity contribution in [3.63, 3.8) is 0 Å². The van der Waals surface area contributed by atoms with Gasteiger partial charge in [-0.25, -0.2) is 4.39 Å². The van der Waals surface area contributed by atoms with Crippen LogP contribution in [0.3, 0.4) is 0 Å². The third kappa shape index (κ3) is 7.28. The minimum atomic E-state index is -0.262. The maximum atomic E-state index is 13.6. The van der Waals surface area contributed by atoms with Crippen molar-refractivity contribution < 1.29 is 9.13 Å². The zero-order valence-electron chi connectivity index (χ0n) is 12.5. The molecule has 0 saturated heterocycles. The highest BCUT2D eigenvalue weighted by Crippen LogP contribution is 2.20. The molecule has 3 heteroatoms. The molecule has 1 aromatic rings. The summed E-state index contributed by atoms with van der Waals surface area (Å²) in [6.07, 6.45) is 10.1. The summed E-state index contributed by atoms with van der Waals surface area (Å²) in [6.45, 7) is 2.85. The Morgan fingerprint density at radius 3 is 2.25 bits per heavy atom. The van der Waals surface area contributed by atoms with Gasteiger partial charge >= 0.3 is 0 Å². The smallest absolute Gasteiger partial charge is 0.165 e. The molecule has 0 heterocycles. The normalized spacial score (nSPS) is 10.8. The fourth-order valence-corrected chi connectivity index (χ4v) is 2.51. The number of hydrogen-bond acceptors (Lipinski definition) is 1. The van der Waals surface area contributed by atoms with E-state index in [1.807, 2.05) is 6.07 Å². The van der Waals surface area contributed by atoms with Gasteiger partial charge in [0.1, 0.15) is 0 Å². The third-order valence-electron chi connectivity index (χ3n) is 3.41. The van der Waals surface area contributed by atoms with Gasteiger partial charge in [0.05, 0.1) is 6.61 Å². The lowest BCUT2D eigenvalue weighted by Gasteiger charge is -2.08. The summed E-state index contributed by atoms with van der Waals surface area (Å²) in [7, 11) is 0. The molecule has 0 saturated carbocycles. The topological polar surface area (TPSA) is 9.23 Å². The number of rotatable bonds is 11. The van der Waals surface area contributed by atoms with Crippen molar-refractivity contribution in [1.29, 1.82) is 0 Å². The Morgan fingerprint density at radius 2 is 1.65 bits per heavy atom. The number of alkyl halides is 1. The lowest BCUT2D eigenvalue weighted by molar-refractivity contribution is 0.290. The summed E-state index contributed by atoms with van der Waals surface area (Å²) in [5, 5.41) is 0.669. The minimum Gasteiger partial charge on any atom is -0.491 e. The molecular weight excluding hydrogens is 319 g/mol. The highest BCUT2D eigenvalue weighted by atomic mass is 79.9. The van der Waals surface area contributed by atoms with E-state index in [2.05, 4.69) is 22.9 Å². The van der Waals surface area contributed by atoms with Gasteiger partial charge in [-0.15, -0.1) is 0 Å². The van der Waals surface area contributed by atoms with Crippen LogP contribution in [0.4, 0.5) is 4.39 Å². The Labute approximate surface area is 131 Å². The van der Waals surface area contributed by atoms with Crippen molar-refractivity contribution in [2.75, 3.05) is 6.61 Å². The second-order valence-electron chi connectivity index (χ2n) is 5.22. The standard InChI is InChI=1S/C17H26BrFO/c1-2-3-4-5-6-7-8-9-12-20-17-11-10-15(14-18)13-16(17)19/h10-11,13H,2-9,12,14H2,1H3. The number of halogens is 2. The highest BCUT2D eigenvalue weighted by molar-refractivity contribution is 9.08. The van der Waals surface area contributed by atoms with Crippen molar-refractivity contribution >= 4 is 15.9 Å². The molecule has 0 N–H and O–H groups in total. The van der Waals surface area contributed by atoms with Gasteiger partial charge in [0.2, 0.25) is 0 Å². The van der Waals surface area contributed by atoms with Gasteiger partial charge in [-0.2, -0.15) is 0 Å². The molecule has 0 aromatic heterocycles. The van der Waals surface area contributed by atoms with Crippen LogP contribution in [0.25, 0.3) is 0 Å². The fraction of sp³-hybridized carbons (Fsp3) is 0.647. The molecule has 0 fully saturated rings. The first-order valence-electron chi connectivity index (χ1n) is 7.75. The largest absolute Gasteiger partial charge is 0.491 e. The van der Waals surface area contributed by atoms with Crippen molar-refractivity contribution in [3.8, 4) is 5.75 Å². The molecule has 0 aliphatic heterocycles. The molecule has 0 spiro atoms. The van der Waals surface area contributed by atoms with E-state index < -0.39 is 0 Å². The molecule has 20 heavy (non-hydrogen) atoms. The van der Waals surface area contributed by atoms with Crippen molar-refractivity contribution in [3.05, 3.63) is 29.6 Å². The van der Waals surface area contributed by atoms with Gasteiger partial charge in [-0.05, 0) is 24.1 Å². The molecule has 1 aromatic carbocycles. The number of benzene rings is 1. The lowest BCUT2D eigenvalue weighted by Crippen LogP contribution is -1.99. The average Bonchev–Trinajstić information content (AvgIpc) is 2.47. The predicted molar refractivity (Wildman–Crippen MR) is 87.1 cm³/mol. The maximum Gasteiger partial charge on any atom is 0.165 e. The first-order chi connectivity index (χ1) is 9.77. The molecule has 0 bridgehead atoms. The second-order valence-corrected chi connectivity index (χ2v) is 5.78. The Morgan fingerprint density at radius 1 is 1.00 bits per heavy atom. The maximum absolute atomic E-state index is 13.6. The molecule has 0 atom stereocenters. The van der Waals surface area contributed by atoms with Crippen LogP contribution in [0.2, 0.25) is 0 Å². The monoisotopic (exact) mass is 344 g/mol. The van der Waals surface area contributed by atoms with Crippen molar-refractivity contribution in [1.82, 2.24) is 0 Å². The van der Waals surface area contributed by atoms with Crippen LogP contribution < -0.4 is 4.74 Å². The van der Waals surface area contributed by atoms with Gasteiger partial charge in [0.25, 0.3) is 0 Å². The Hall–Kier alpha value is -0.570. The van der Waals surface area contributed by atoms with Crippen LogP contribution in [0.5, 0.6) is 5.75 Å². The number of hydrogen-bond donors (Lipinski definition) is 0. The van der Waals surface area contributed by atoms with E-state index in [9.17, 15) is 4.39 Å². The number of unbranched alkanes of at least 4 members (excludes halogenated alkanes) is 7. The average molecular weight is 345 g/mol. The fourth-order valence-electron chi connectivity index (χ4n) is 2.16. The summed E-state index contributed by atoms with van der Waals surface area (Å²) < 4.78 is 19.1. The quantitative estimate of drug-likeness (QED) is 0.341. The van der Waals surface area contributed by atoms with Crippen LogP contribution >= 0.6 is 15.9 Å². The van der Waals surface area contributed by atoms with Crippen LogP contribution in [0.15, 0.2) is 18.2 Å². The van der Waals surface area contributed by atoms with E-state index in [1.165, 1.54) is 51.0 Å². The molecular formula is C17H26BrFO. The molecule has 0 amide bonds. The summed E-state index contributed by atoms with van der Waals surface area (Å²) in [5.41, 5.74) is 0.932. The van der Waals surface area contributed by atoms with Gasteiger partial charge in [-0.3, -0.25) is 0 Å². The third-order valence-corrected chi connectivity index (χ3v) is 4.05. The van der Waals surface area contributed by atoms with Crippen LogP contribution in [-0.2, 0) is 5.33 Å². The van der Waals surface area contributed by atoms with E-state index >= 15 is 0 Å². The van der Waals surface area contributed by atoms with Gasteiger partial charge in [0, 0.05) is 5.33 Å². The first kappa shape index (κ1) is 17.5. The summed E-state index contributed by atoms with van der Waals surface area (Å²) >= 11 is 3.31. The van der Waals surface area contributed by atoms with Crippen LogP contribution in [0, 0.1) is 5.82 Å². The van der Waals surface area contributed by atoms with Gasteiger partial charge < -0.3 is 4.74 Å². The first-order valence-corrected chi connectivity index (χ1v) is 8.87. The van der Waals surface area contributed by atoms with E-state index in [0.29, 0.717) is 17.7 Å². The van der Waals surface area contributed by atoms with Gasteiger partial charge in [-0.1, -0.05) is 73.9 Å². The van der Waals surface area contributed by atoms with E-state index in [-0.39, 0.29) is 5.82 Å². The van der Waals surface area contributed by atoms with Crippen LogP contribution in [0.1, 0.15) is 63.9 Å². The summed E-state index contributed by atoms with van der Waals surface area (Å²) in [4.78, 5) is 0. The highest BCUT2D eigenvalue weighted by Gasteiger charge is 2.04. The predicted octanol–water partition coefficient (Wildman–Crippen LogP) is 6.24.